The third-order valence-electron chi connectivity index (χ3n) is 5.19. The fraction of sp³-hybridized carbons (Fsp3) is 0.450. The van der Waals surface area contributed by atoms with Crippen LogP contribution in [0.25, 0.3) is 0 Å². The molecule has 0 spiro atoms. The Morgan fingerprint density at radius 2 is 2.10 bits per heavy atom. The first-order chi connectivity index (χ1) is 14.1. The van der Waals surface area contributed by atoms with Gasteiger partial charge in [-0.1, -0.05) is 17.7 Å². The van der Waals surface area contributed by atoms with E-state index in [-0.39, 0.29) is 11.8 Å². The lowest BCUT2D eigenvalue weighted by Crippen LogP contribution is -2.46. The highest BCUT2D eigenvalue weighted by Crippen LogP contribution is 2.28. The SMILES string of the molecule is C[C@H](C(=O)Nc1ccc(Cl)cn1)N1CCCC(c2ccc(=O)n(CC(F)(F)F)c2)C1. The van der Waals surface area contributed by atoms with Gasteiger partial charge in [0.25, 0.3) is 5.56 Å². The highest BCUT2D eigenvalue weighted by atomic mass is 35.5. The topological polar surface area (TPSA) is 67.2 Å². The molecule has 3 rings (SSSR count). The summed E-state index contributed by atoms with van der Waals surface area (Å²) in [5.41, 5.74) is -0.0255. The van der Waals surface area contributed by atoms with E-state index in [0.29, 0.717) is 34.1 Å². The highest BCUT2D eigenvalue weighted by molar-refractivity contribution is 6.30. The molecule has 6 nitrogen and oxygen atoms in total. The van der Waals surface area contributed by atoms with E-state index in [1.165, 1.54) is 18.5 Å². The maximum absolute atomic E-state index is 12.7. The van der Waals surface area contributed by atoms with Gasteiger partial charge in [-0.05, 0) is 49.9 Å². The maximum atomic E-state index is 12.7. The van der Waals surface area contributed by atoms with Crippen LogP contribution >= 0.6 is 11.6 Å². The molecule has 1 saturated heterocycles. The Bertz CT molecular complexity index is 946. The number of amides is 1. The van der Waals surface area contributed by atoms with E-state index in [1.807, 2.05) is 4.90 Å². The standard InChI is InChI=1S/C20H22ClF3N4O2/c1-13(19(30)26-17-6-5-16(21)9-25-17)27-8-2-3-14(10-27)15-4-7-18(29)28(11-15)12-20(22,23)24/h4-7,9,11,13-14H,2-3,8,10,12H2,1H3,(H,25,26,30)/t13-,14?/m1/s1. The van der Waals surface area contributed by atoms with Crippen molar-refractivity contribution >= 4 is 23.3 Å². The van der Waals surface area contributed by atoms with Gasteiger partial charge in [0, 0.05) is 25.0 Å². The predicted molar refractivity (Wildman–Crippen MR) is 108 cm³/mol. The zero-order valence-electron chi connectivity index (χ0n) is 16.3. The third-order valence-corrected chi connectivity index (χ3v) is 5.41. The minimum atomic E-state index is -4.47. The van der Waals surface area contributed by atoms with Gasteiger partial charge in [0.2, 0.25) is 5.91 Å². The number of piperidine rings is 1. The lowest BCUT2D eigenvalue weighted by atomic mass is 9.91. The molecule has 1 aliphatic rings. The number of hydrogen-bond acceptors (Lipinski definition) is 4. The Labute approximate surface area is 176 Å². The first-order valence-corrected chi connectivity index (χ1v) is 9.94. The Kier molecular flexibility index (Phi) is 6.82. The molecule has 0 aliphatic carbocycles. The number of nitrogens with one attached hydrogen (secondary N) is 1. The summed E-state index contributed by atoms with van der Waals surface area (Å²) in [4.78, 5) is 30.4. The number of anilines is 1. The van der Waals surface area contributed by atoms with E-state index in [4.69, 9.17) is 11.6 Å². The molecule has 162 valence electrons. The fourth-order valence-electron chi connectivity index (χ4n) is 3.58. The van der Waals surface area contributed by atoms with Crippen molar-refractivity contribution in [2.45, 2.75) is 44.4 Å². The minimum Gasteiger partial charge on any atom is -0.309 e. The quantitative estimate of drug-likeness (QED) is 0.767. The van der Waals surface area contributed by atoms with Crippen LogP contribution in [-0.4, -0.2) is 45.7 Å². The van der Waals surface area contributed by atoms with Crippen LogP contribution in [-0.2, 0) is 11.3 Å². The first kappa shape index (κ1) is 22.3. The van der Waals surface area contributed by atoms with Gasteiger partial charge < -0.3 is 9.88 Å². The van der Waals surface area contributed by atoms with E-state index >= 15 is 0 Å². The summed E-state index contributed by atoms with van der Waals surface area (Å²) in [6.07, 6.45) is -0.183. The number of rotatable bonds is 5. The highest BCUT2D eigenvalue weighted by Gasteiger charge is 2.31. The Morgan fingerprint density at radius 1 is 1.33 bits per heavy atom. The molecule has 10 heteroatoms. The van der Waals surface area contributed by atoms with Gasteiger partial charge in [0.05, 0.1) is 11.1 Å². The summed E-state index contributed by atoms with van der Waals surface area (Å²) >= 11 is 5.80. The number of aromatic nitrogens is 2. The molecule has 1 fully saturated rings. The van der Waals surface area contributed by atoms with Crippen LogP contribution in [0.4, 0.5) is 19.0 Å². The molecule has 0 aromatic carbocycles. The van der Waals surface area contributed by atoms with Gasteiger partial charge in [-0.25, -0.2) is 4.98 Å². The molecule has 2 atom stereocenters. The third kappa shape index (κ3) is 5.82. The molecule has 1 amide bonds. The van der Waals surface area contributed by atoms with Crippen molar-refractivity contribution in [1.29, 1.82) is 0 Å². The molecule has 0 radical (unpaired) electrons. The molecule has 30 heavy (non-hydrogen) atoms. The molecule has 1 unspecified atom stereocenters. The molecule has 0 saturated carbocycles. The van der Waals surface area contributed by atoms with Gasteiger partial charge in [0.15, 0.2) is 0 Å². The molecule has 3 heterocycles. The van der Waals surface area contributed by atoms with Crippen molar-refractivity contribution in [2.24, 2.45) is 0 Å². The van der Waals surface area contributed by atoms with Crippen LogP contribution in [0.2, 0.25) is 5.02 Å². The minimum absolute atomic E-state index is 0.0669. The zero-order valence-corrected chi connectivity index (χ0v) is 17.1. The molecule has 2 aromatic heterocycles. The number of halogens is 4. The van der Waals surface area contributed by atoms with Crippen LogP contribution in [0.15, 0.2) is 41.5 Å². The number of carbonyl (C=O) groups is 1. The number of alkyl halides is 3. The second-order valence-electron chi connectivity index (χ2n) is 7.40. The largest absolute Gasteiger partial charge is 0.406 e. The molecular weight excluding hydrogens is 421 g/mol. The Hall–Kier alpha value is -2.39. The Morgan fingerprint density at radius 3 is 2.77 bits per heavy atom. The van der Waals surface area contributed by atoms with Crippen molar-refractivity contribution in [1.82, 2.24) is 14.5 Å². The summed E-state index contributed by atoms with van der Waals surface area (Å²) in [5.74, 6) is 0.0966. The van der Waals surface area contributed by atoms with E-state index in [9.17, 15) is 22.8 Å². The van der Waals surface area contributed by atoms with Crippen LogP contribution in [0, 0.1) is 0 Å². The molecule has 0 bridgehead atoms. The van der Waals surface area contributed by atoms with E-state index in [1.54, 1.807) is 25.1 Å². The predicted octanol–water partition coefficient (Wildman–Crippen LogP) is 3.67. The van der Waals surface area contributed by atoms with Crippen molar-refractivity contribution in [3.8, 4) is 0 Å². The summed E-state index contributed by atoms with van der Waals surface area (Å²) in [6, 6.07) is 5.53. The second kappa shape index (κ2) is 9.18. The lowest BCUT2D eigenvalue weighted by Gasteiger charge is -2.36. The average Bonchev–Trinajstić information content (AvgIpc) is 2.70. The number of carbonyl (C=O) groups excluding carboxylic acids is 1. The smallest absolute Gasteiger partial charge is 0.309 e. The van der Waals surface area contributed by atoms with Gasteiger partial charge in [-0.15, -0.1) is 0 Å². The molecular formula is C20H22ClF3N4O2. The second-order valence-corrected chi connectivity index (χ2v) is 7.84. The first-order valence-electron chi connectivity index (χ1n) is 9.56. The van der Waals surface area contributed by atoms with Crippen molar-refractivity contribution in [2.75, 3.05) is 18.4 Å². The maximum Gasteiger partial charge on any atom is 0.406 e. The van der Waals surface area contributed by atoms with Crippen LogP contribution in [0.3, 0.4) is 0 Å². The van der Waals surface area contributed by atoms with Crippen LogP contribution in [0.1, 0.15) is 31.2 Å². The summed E-state index contributed by atoms with van der Waals surface area (Å²) in [5, 5.41) is 3.21. The van der Waals surface area contributed by atoms with Gasteiger partial charge in [-0.2, -0.15) is 13.2 Å². The van der Waals surface area contributed by atoms with Crippen molar-refractivity contribution in [3.63, 3.8) is 0 Å². The van der Waals surface area contributed by atoms with E-state index in [0.717, 1.165) is 12.8 Å². The summed E-state index contributed by atoms with van der Waals surface area (Å²) < 4.78 is 38.9. The van der Waals surface area contributed by atoms with Gasteiger partial charge in [-0.3, -0.25) is 14.5 Å². The van der Waals surface area contributed by atoms with Crippen LogP contribution < -0.4 is 10.9 Å². The number of hydrogen-bond donors (Lipinski definition) is 1. The summed E-state index contributed by atoms with van der Waals surface area (Å²) in [7, 11) is 0. The number of nitrogens with zero attached hydrogens (tertiary/aromatic N) is 3. The normalized spacial score (nSPS) is 18.8. The van der Waals surface area contributed by atoms with E-state index < -0.39 is 24.3 Å². The number of likely N-dealkylation sites (tertiary alicyclic amines) is 1. The molecule has 1 N–H and O–H groups in total. The summed E-state index contributed by atoms with van der Waals surface area (Å²) in [6.45, 7) is 1.66. The van der Waals surface area contributed by atoms with Crippen molar-refractivity contribution < 1.29 is 18.0 Å². The van der Waals surface area contributed by atoms with Crippen molar-refractivity contribution in [3.05, 3.63) is 57.6 Å². The number of pyridine rings is 2. The van der Waals surface area contributed by atoms with Gasteiger partial charge >= 0.3 is 6.18 Å². The lowest BCUT2D eigenvalue weighted by molar-refractivity contribution is -0.141. The van der Waals surface area contributed by atoms with Crippen LogP contribution in [0.5, 0.6) is 0 Å². The average molecular weight is 443 g/mol. The van der Waals surface area contributed by atoms with E-state index in [2.05, 4.69) is 10.3 Å². The molecule has 2 aromatic rings. The molecule has 1 aliphatic heterocycles. The Balaban J connectivity index is 1.68. The fourth-order valence-corrected chi connectivity index (χ4v) is 3.70. The zero-order chi connectivity index (χ0) is 21.9. The monoisotopic (exact) mass is 442 g/mol. The van der Waals surface area contributed by atoms with Gasteiger partial charge in [0.1, 0.15) is 12.4 Å².